The highest BCUT2D eigenvalue weighted by molar-refractivity contribution is 5.82. The zero-order valence-corrected chi connectivity index (χ0v) is 33.1. The SMILES string of the molecule is CC(C)CC(=O)C1[C@@H](C(C)C)[C@@H]2C=C[C@H]1C2.CC(C)C[C@@H](O)C1[C@@H](C(C)C)[C@@H]2C=C[C@H]1C2.CC(C)C[C@H](O)C1[C@@H](C(C)C)[C@@H]2C=C[C@H]1C2. The lowest BCUT2D eigenvalue weighted by atomic mass is 9.72. The van der Waals surface area contributed by atoms with Gasteiger partial charge in [-0.25, -0.2) is 0 Å². The topological polar surface area (TPSA) is 57.5 Å². The molecule has 14 atom stereocenters. The third kappa shape index (κ3) is 8.99. The Morgan fingerprint density at radius 1 is 0.479 bits per heavy atom. The van der Waals surface area contributed by atoms with Crippen LogP contribution in [0, 0.1) is 107 Å². The average Bonchev–Trinajstić information content (AvgIpc) is 3.83. The maximum atomic E-state index is 12.3. The number of carbonyl (C=O) groups is 1. The summed E-state index contributed by atoms with van der Waals surface area (Å²) in [5.41, 5.74) is 0. The number of ketones is 1. The predicted molar refractivity (Wildman–Crippen MR) is 203 cm³/mol. The molecular formula is C45H76O3. The van der Waals surface area contributed by atoms with Gasteiger partial charge in [0.05, 0.1) is 12.2 Å². The summed E-state index contributed by atoms with van der Waals surface area (Å²) in [5, 5.41) is 20.9. The van der Waals surface area contributed by atoms with E-state index in [1.54, 1.807) is 0 Å². The second-order valence-electron chi connectivity index (χ2n) is 19.4. The fourth-order valence-electron chi connectivity index (χ4n) is 11.8. The van der Waals surface area contributed by atoms with Gasteiger partial charge in [-0.05, 0) is 133 Å². The molecule has 0 spiro atoms. The lowest BCUT2D eigenvalue weighted by Gasteiger charge is -2.35. The van der Waals surface area contributed by atoms with E-state index in [-0.39, 0.29) is 12.2 Å². The number of allylic oxidation sites excluding steroid dienone is 6. The van der Waals surface area contributed by atoms with Gasteiger partial charge in [0.25, 0.3) is 0 Å². The molecule has 2 N–H and O–H groups in total. The fourth-order valence-corrected chi connectivity index (χ4v) is 11.8. The van der Waals surface area contributed by atoms with Crippen molar-refractivity contribution in [3.8, 4) is 0 Å². The van der Waals surface area contributed by atoms with Crippen molar-refractivity contribution in [3.63, 3.8) is 0 Å². The Labute approximate surface area is 296 Å². The van der Waals surface area contributed by atoms with Crippen molar-refractivity contribution < 1.29 is 15.0 Å². The van der Waals surface area contributed by atoms with Gasteiger partial charge in [-0.1, -0.05) is 120 Å². The molecule has 0 aromatic carbocycles. The van der Waals surface area contributed by atoms with E-state index in [9.17, 15) is 15.0 Å². The van der Waals surface area contributed by atoms with Crippen molar-refractivity contribution in [2.75, 3.05) is 0 Å². The summed E-state index contributed by atoms with van der Waals surface area (Å²) in [6.45, 7) is 26.9. The molecule has 0 saturated heterocycles. The number of aliphatic hydroxyl groups is 2. The van der Waals surface area contributed by atoms with Gasteiger partial charge in [0.15, 0.2) is 0 Å². The lowest BCUT2D eigenvalue weighted by Crippen LogP contribution is -2.34. The lowest BCUT2D eigenvalue weighted by molar-refractivity contribution is -0.126. The predicted octanol–water partition coefficient (Wildman–Crippen LogP) is 10.7. The minimum atomic E-state index is -0.0904. The van der Waals surface area contributed by atoms with Gasteiger partial charge < -0.3 is 10.2 Å². The standard InChI is InChI=1S/2C15H26O.C15H24O/c3*1-9(2)7-13(16)15-12-6-5-11(8-12)14(15)10(3)4/h2*5-6,9-16H,7-8H2,1-4H3;5-6,9-12,14-15H,7-8H2,1-4H3/t11-,12+,13+,14+,15?;11-,12+,13-,14+,15?;11-,12+,14+,15?/m111/s1. The molecule has 0 aromatic rings. The first-order chi connectivity index (χ1) is 22.5. The van der Waals surface area contributed by atoms with E-state index in [1.165, 1.54) is 19.3 Å². The molecule has 6 rings (SSSR count). The van der Waals surface area contributed by atoms with Crippen LogP contribution in [0.5, 0.6) is 0 Å². The molecular weight excluding hydrogens is 588 g/mol. The molecule has 3 unspecified atom stereocenters. The Morgan fingerprint density at radius 3 is 1.12 bits per heavy atom. The number of carbonyl (C=O) groups excluding carboxylic acids is 1. The summed E-state index contributed by atoms with van der Waals surface area (Å²) in [7, 11) is 0. The van der Waals surface area contributed by atoms with Crippen LogP contribution >= 0.6 is 0 Å². The summed E-state index contributed by atoms with van der Waals surface area (Å²) in [5.74, 6) is 11.7. The zero-order valence-electron chi connectivity index (χ0n) is 33.1. The van der Waals surface area contributed by atoms with Gasteiger partial charge in [0.2, 0.25) is 0 Å². The summed E-state index contributed by atoms with van der Waals surface area (Å²) in [6.07, 6.45) is 20.5. The Hall–Kier alpha value is -1.19. The van der Waals surface area contributed by atoms with Crippen molar-refractivity contribution in [3.05, 3.63) is 36.5 Å². The maximum Gasteiger partial charge on any atom is 0.137 e. The number of fused-ring (bicyclic) bond motifs is 6. The molecule has 48 heavy (non-hydrogen) atoms. The minimum Gasteiger partial charge on any atom is -0.393 e. The van der Waals surface area contributed by atoms with Crippen LogP contribution < -0.4 is 0 Å². The molecule has 3 nitrogen and oxygen atoms in total. The van der Waals surface area contributed by atoms with Crippen LogP contribution in [0.2, 0.25) is 0 Å². The Kier molecular flexibility index (Phi) is 13.9. The van der Waals surface area contributed by atoms with Gasteiger partial charge in [-0.3, -0.25) is 4.79 Å². The summed E-state index contributed by atoms with van der Waals surface area (Å²) in [4.78, 5) is 12.3. The van der Waals surface area contributed by atoms with Crippen LogP contribution in [0.15, 0.2) is 36.5 Å². The second kappa shape index (κ2) is 16.9. The van der Waals surface area contributed by atoms with E-state index in [0.717, 1.165) is 31.1 Å². The highest BCUT2D eigenvalue weighted by Gasteiger charge is 2.50. The van der Waals surface area contributed by atoms with Gasteiger partial charge in [0, 0.05) is 12.3 Å². The van der Waals surface area contributed by atoms with Crippen molar-refractivity contribution in [2.24, 2.45) is 107 Å². The third-order valence-corrected chi connectivity index (χ3v) is 13.3. The Balaban J connectivity index is 0.000000163. The molecule has 0 aromatic heterocycles. The third-order valence-electron chi connectivity index (χ3n) is 13.3. The van der Waals surface area contributed by atoms with Crippen LogP contribution in [0.1, 0.15) is 122 Å². The molecule has 0 radical (unpaired) electrons. The van der Waals surface area contributed by atoms with E-state index in [0.29, 0.717) is 100 Å². The molecule has 6 aliphatic rings. The van der Waals surface area contributed by atoms with Crippen LogP contribution in [0.25, 0.3) is 0 Å². The highest BCUT2D eigenvalue weighted by Crippen LogP contribution is 2.54. The van der Waals surface area contributed by atoms with Crippen LogP contribution in [0.3, 0.4) is 0 Å². The number of rotatable bonds is 12. The second-order valence-corrected chi connectivity index (χ2v) is 19.4. The first-order valence-electron chi connectivity index (χ1n) is 20.4. The normalized spacial score (nSPS) is 38.2. The maximum absolute atomic E-state index is 12.3. The quantitative estimate of drug-likeness (QED) is 0.204. The van der Waals surface area contributed by atoms with Crippen LogP contribution in [-0.2, 0) is 4.79 Å². The first-order valence-corrected chi connectivity index (χ1v) is 20.4. The van der Waals surface area contributed by atoms with E-state index >= 15 is 0 Å². The van der Waals surface area contributed by atoms with E-state index in [4.69, 9.17) is 0 Å². The van der Waals surface area contributed by atoms with Crippen molar-refractivity contribution in [2.45, 2.75) is 134 Å². The van der Waals surface area contributed by atoms with Gasteiger partial charge in [-0.15, -0.1) is 0 Å². The number of hydrogen-bond donors (Lipinski definition) is 2. The molecule has 274 valence electrons. The highest BCUT2D eigenvalue weighted by atomic mass is 16.3. The van der Waals surface area contributed by atoms with E-state index in [2.05, 4.69) is 120 Å². The molecule has 3 fully saturated rings. The van der Waals surface area contributed by atoms with Crippen molar-refractivity contribution in [1.29, 1.82) is 0 Å². The first kappa shape index (κ1) is 39.6. The molecule has 0 amide bonds. The Morgan fingerprint density at radius 2 is 0.792 bits per heavy atom. The van der Waals surface area contributed by atoms with Gasteiger partial charge in [0.1, 0.15) is 5.78 Å². The molecule has 0 heterocycles. The molecule has 6 bridgehead atoms. The number of Topliss-reactive ketones (excluding diaryl/α,β-unsaturated/α-hetero) is 1. The monoisotopic (exact) mass is 665 g/mol. The summed E-state index contributed by atoms with van der Waals surface area (Å²) in [6, 6.07) is 0. The van der Waals surface area contributed by atoms with Gasteiger partial charge >= 0.3 is 0 Å². The summed E-state index contributed by atoms with van der Waals surface area (Å²) < 4.78 is 0. The summed E-state index contributed by atoms with van der Waals surface area (Å²) >= 11 is 0. The zero-order chi connectivity index (χ0) is 35.6. The van der Waals surface area contributed by atoms with Crippen LogP contribution in [0.4, 0.5) is 0 Å². The largest absolute Gasteiger partial charge is 0.393 e. The number of aliphatic hydroxyl groups excluding tert-OH is 2. The van der Waals surface area contributed by atoms with Crippen molar-refractivity contribution >= 4 is 5.78 Å². The van der Waals surface area contributed by atoms with Crippen molar-refractivity contribution in [1.82, 2.24) is 0 Å². The average molecular weight is 665 g/mol. The fraction of sp³-hybridized carbons (Fsp3) is 0.844. The van der Waals surface area contributed by atoms with Crippen LogP contribution in [-0.4, -0.2) is 28.2 Å². The van der Waals surface area contributed by atoms with E-state index in [1.807, 2.05) is 0 Å². The smallest absolute Gasteiger partial charge is 0.137 e. The Bertz CT molecular complexity index is 1050. The molecule has 3 heteroatoms. The molecule has 6 aliphatic carbocycles. The minimum absolute atomic E-state index is 0.0904. The number of hydrogen-bond acceptors (Lipinski definition) is 3. The molecule has 0 aliphatic heterocycles. The molecule has 3 saturated carbocycles. The van der Waals surface area contributed by atoms with Gasteiger partial charge in [-0.2, -0.15) is 0 Å². The van der Waals surface area contributed by atoms with E-state index < -0.39 is 0 Å².